The fourth-order valence-corrected chi connectivity index (χ4v) is 3.33. The Hall–Kier alpha value is -2.77. The van der Waals surface area contributed by atoms with Crippen molar-refractivity contribution >= 4 is 11.8 Å². The first kappa shape index (κ1) is 20.0. The molecule has 0 saturated heterocycles. The number of fused-ring (bicyclic) bond motifs is 1. The Kier molecular flexibility index (Phi) is 6.38. The van der Waals surface area contributed by atoms with Gasteiger partial charge in [-0.2, -0.15) is 0 Å². The van der Waals surface area contributed by atoms with Crippen LogP contribution in [0, 0.1) is 0 Å². The standard InChI is InChI=1S/C21H25N3O4/c1-3-28-21-19-15(11-22-21)9-16(23-17(19)12-25)10-18(27)24-20(13(2)26)14-7-5-4-6-8-14/h4-9,13,20,25-26H,3,10-12H2,1-2H3,(H,24,27)/t13-,20-/m1/s1. The lowest BCUT2D eigenvalue weighted by atomic mass is 10.0. The van der Waals surface area contributed by atoms with Gasteiger partial charge in [0.2, 0.25) is 11.8 Å². The highest BCUT2D eigenvalue weighted by Crippen LogP contribution is 2.24. The van der Waals surface area contributed by atoms with Crippen LogP contribution in [0.2, 0.25) is 0 Å². The fraction of sp³-hybridized carbons (Fsp3) is 0.381. The minimum absolute atomic E-state index is 0.0420. The third kappa shape index (κ3) is 4.37. The van der Waals surface area contributed by atoms with E-state index in [1.807, 2.05) is 43.3 Å². The molecule has 0 spiro atoms. The van der Waals surface area contributed by atoms with Crippen LogP contribution in [-0.2, 0) is 29.1 Å². The molecule has 7 nitrogen and oxygen atoms in total. The summed E-state index contributed by atoms with van der Waals surface area (Å²) < 4.78 is 5.51. The van der Waals surface area contributed by atoms with Crippen molar-refractivity contribution in [1.82, 2.24) is 10.3 Å². The van der Waals surface area contributed by atoms with Crippen LogP contribution in [0.25, 0.3) is 0 Å². The molecule has 1 aromatic carbocycles. The summed E-state index contributed by atoms with van der Waals surface area (Å²) in [5, 5.41) is 22.7. The molecule has 1 aliphatic rings. The summed E-state index contributed by atoms with van der Waals surface area (Å²) in [4.78, 5) is 21.4. The van der Waals surface area contributed by atoms with Crippen LogP contribution in [0.15, 0.2) is 41.4 Å². The van der Waals surface area contributed by atoms with E-state index in [0.717, 1.165) is 16.7 Å². The number of carbonyl (C=O) groups excluding carboxylic acids is 1. The van der Waals surface area contributed by atoms with Crippen molar-refractivity contribution in [2.75, 3.05) is 6.61 Å². The van der Waals surface area contributed by atoms with Gasteiger partial charge in [0.1, 0.15) is 0 Å². The molecule has 0 fully saturated rings. The van der Waals surface area contributed by atoms with Crippen molar-refractivity contribution in [2.45, 2.75) is 45.6 Å². The third-order valence-corrected chi connectivity index (χ3v) is 4.57. The number of hydrogen-bond donors (Lipinski definition) is 3. The molecule has 3 rings (SSSR count). The maximum Gasteiger partial charge on any atom is 0.226 e. The molecule has 0 radical (unpaired) electrons. The lowest BCUT2D eigenvalue weighted by Gasteiger charge is -2.22. The number of hydrogen-bond acceptors (Lipinski definition) is 6. The molecular formula is C21H25N3O4. The molecule has 0 aliphatic carbocycles. The predicted molar refractivity (Wildman–Crippen MR) is 105 cm³/mol. The Morgan fingerprint density at radius 2 is 2.07 bits per heavy atom. The highest BCUT2D eigenvalue weighted by atomic mass is 16.5. The summed E-state index contributed by atoms with van der Waals surface area (Å²) in [6.45, 7) is 4.17. The van der Waals surface area contributed by atoms with Gasteiger partial charge in [0.05, 0.1) is 55.3 Å². The first-order valence-electron chi connectivity index (χ1n) is 9.36. The zero-order chi connectivity index (χ0) is 20.1. The summed E-state index contributed by atoms with van der Waals surface area (Å²) in [7, 11) is 0. The Morgan fingerprint density at radius 1 is 1.32 bits per heavy atom. The lowest BCUT2D eigenvalue weighted by molar-refractivity contribution is -0.122. The van der Waals surface area contributed by atoms with Crippen molar-refractivity contribution in [3.63, 3.8) is 0 Å². The average Bonchev–Trinajstić information content (AvgIpc) is 3.09. The predicted octanol–water partition coefficient (Wildman–Crippen LogP) is 1.65. The smallest absolute Gasteiger partial charge is 0.226 e. The van der Waals surface area contributed by atoms with Crippen LogP contribution in [-0.4, -0.2) is 39.7 Å². The average molecular weight is 383 g/mol. The quantitative estimate of drug-likeness (QED) is 0.674. The van der Waals surface area contributed by atoms with Gasteiger partial charge in [-0.05, 0) is 31.0 Å². The molecule has 0 bridgehead atoms. The van der Waals surface area contributed by atoms with Crippen molar-refractivity contribution in [1.29, 1.82) is 0 Å². The first-order valence-corrected chi connectivity index (χ1v) is 9.36. The number of aliphatic imine (C=N–C) groups is 1. The topological polar surface area (TPSA) is 104 Å². The molecule has 3 N–H and O–H groups in total. The SMILES string of the molecule is CCOC1=NCc2cc(CC(=O)N[C@@H](c3ccccc3)[C@@H](C)O)nc(CO)c21. The van der Waals surface area contributed by atoms with Gasteiger partial charge in [0.25, 0.3) is 0 Å². The van der Waals surface area contributed by atoms with E-state index < -0.39 is 12.1 Å². The highest BCUT2D eigenvalue weighted by molar-refractivity contribution is 5.98. The molecule has 28 heavy (non-hydrogen) atoms. The summed E-state index contributed by atoms with van der Waals surface area (Å²) in [6.07, 6.45) is -0.699. The molecular weight excluding hydrogens is 358 g/mol. The molecule has 2 heterocycles. The van der Waals surface area contributed by atoms with E-state index in [9.17, 15) is 15.0 Å². The number of aromatic nitrogens is 1. The number of aliphatic hydroxyl groups is 2. The third-order valence-electron chi connectivity index (χ3n) is 4.57. The van der Waals surface area contributed by atoms with Crippen LogP contribution >= 0.6 is 0 Å². The molecule has 148 valence electrons. The number of nitrogens with one attached hydrogen (secondary N) is 1. The molecule has 0 saturated carbocycles. The van der Waals surface area contributed by atoms with E-state index in [-0.39, 0.29) is 18.9 Å². The zero-order valence-corrected chi connectivity index (χ0v) is 16.1. The monoisotopic (exact) mass is 383 g/mol. The van der Waals surface area contributed by atoms with E-state index in [1.54, 1.807) is 6.92 Å². The van der Waals surface area contributed by atoms with Gasteiger partial charge >= 0.3 is 0 Å². The number of amides is 1. The van der Waals surface area contributed by atoms with E-state index in [2.05, 4.69) is 15.3 Å². The second-order valence-corrected chi connectivity index (χ2v) is 6.68. The Balaban J connectivity index is 1.76. The van der Waals surface area contributed by atoms with E-state index >= 15 is 0 Å². The van der Waals surface area contributed by atoms with Crippen molar-refractivity contribution in [2.24, 2.45) is 4.99 Å². The second kappa shape index (κ2) is 8.95. The van der Waals surface area contributed by atoms with Gasteiger partial charge in [-0.25, -0.2) is 4.99 Å². The molecule has 0 unspecified atom stereocenters. The molecule has 2 aromatic rings. The summed E-state index contributed by atoms with van der Waals surface area (Å²) in [5.41, 5.74) is 3.45. The van der Waals surface area contributed by atoms with E-state index in [4.69, 9.17) is 4.74 Å². The zero-order valence-electron chi connectivity index (χ0n) is 16.1. The van der Waals surface area contributed by atoms with Crippen LogP contribution < -0.4 is 5.32 Å². The van der Waals surface area contributed by atoms with E-state index in [0.29, 0.717) is 30.4 Å². The van der Waals surface area contributed by atoms with Gasteiger partial charge in [0, 0.05) is 0 Å². The van der Waals surface area contributed by atoms with Gasteiger partial charge in [-0.1, -0.05) is 30.3 Å². The Labute approximate surface area is 164 Å². The van der Waals surface area contributed by atoms with Crippen LogP contribution in [0.5, 0.6) is 0 Å². The molecule has 7 heteroatoms. The Bertz CT molecular complexity index is 865. The molecule has 1 amide bonds. The van der Waals surface area contributed by atoms with Crippen LogP contribution in [0.4, 0.5) is 0 Å². The molecule has 1 aliphatic heterocycles. The van der Waals surface area contributed by atoms with Gasteiger partial charge < -0.3 is 20.3 Å². The fourth-order valence-electron chi connectivity index (χ4n) is 3.33. The van der Waals surface area contributed by atoms with E-state index in [1.165, 1.54) is 0 Å². The van der Waals surface area contributed by atoms with Gasteiger partial charge in [-0.3, -0.25) is 9.78 Å². The number of ether oxygens (including phenoxy) is 1. The van der Waals surface area contributed by atoms with Crippen LogP contribution in [0.3, 0.4) is 0 Å². The number of rotatable bonds is 7. The number of benzene rings is 1. The Morgan fingerprint density at radius 3 is 2.71 bits per heavy atom. The number of nitrogens with zero attached hydrogens (tertiary/aromatic N) is 2. The highest BCUT2D eigenvalue weighted by Gasteiger charge is 2.24. The second-order valence-electron chi connectivity index (χ2n) is 6.68. The summed E-state index contributed by atoms with van der Waals surface area (Å²) in [6, 6.07) is 10.7. The van der Waals surface area contributed by atoms with Crippen molar-refractivity contribution in [3.8, 4) is 0 Å². The minimum atomic E-state index is -0.741. The maximum absolute atomic E-state index is 12.6. The van der Waals surface area contributed by atoms with Crippen molar-refractivity contribution < 1.29 is 19.7 Å². The maximum atomic E-state index is 12.6. The lowest BCUT2D eigenvalue weighted by Crippen LogP contribution is -2.36. The first-order chi connectivity index (χ1) is 13.5. The van der Waals surface area contributed by atoms with Gasteiger partial charge in [0.15, 0.2) is 0 Å². The largest absolute Gasteiger partial charge is 0.478 e. The van der Waals surface area contributed by atoms with Crippen LogP contribution in [0.1, 0.15) is 48.0 Å². The summed E-state index contributed by atoms with van der Waals surface area (Å²) in [5.74, 6) is 0.235. The number of carbonyl (C=O) groups is 1. The minimum Gasteiger partial charge on any atom is -0.478 e. The normalized spacial score (nSPS) is 14.8. The van der Waals surface area contributed by atoms with Gasteiger partial charge in [-0.15, -0.1) is 0 Å². The number of pyridine rings is 1. The number of aliphatic hydroxyl groups excluding tert-OH is 2. The molecule has 2 atom stereocenters. The summed E-state index contributed by atoms with van der Waals surface area (Å²) >= 11 is 0. The van der Waals surface area contributed by atoms with Crippen molar-refractivity contribution in [3.05, 3.63) is 64.5 Å². The molecule has 1 aromatic heterocycles.